The third-order valence-electron chi connectivity index (χ3n) is 2.12. The highest BCUT2D eigenvalue weighted by molar-refractivity contribution is 5.93. The maximum atomic E-state index is 11.2. The molecule has 0 aliphatic rings. The zero-order valence-electron chi connectivity index (χ0n) is 9.83. The predicted octanol–water partition coefficient (Wildman–Crippen LogP) is 1.62. The molecule has 1 N–H and O–H groups in total. The van der Waals surface area contributed by atoms with E-state index < -0.39 is 0 Å². The second kappa shape index (κ2) is 9.09. The highest BCUT2D eigenvalue weighted by atomic mass is 16.5. The van der Waals surface area contributed by atoms with E-state index in [9.17, 15) is 9.59 Å². The van der Waals surface area contributed by atoms with E-state index in [0.29, 0.717) is 24.8 Å². The summed E-state index contributed by atoms with van der Waals surface area (Å²) in [7, 11) is 0. The molecule has 0 saturated carbocycles. The fourth-order valence-corrected chi connectivity index (χ4v) is 1.18. The first-order chi connectivity index (χ1) is 7.57. The zero-order valence-corrected chi connectivity index (χ0v) is 9.83. The van der Waals surface area contributed by atoms with Crippen LogP contribution in [0.3, 0.4) is 0 Å². The van der Waals surface area contributed by atoms with Gasteiger partial charge in [0.15, 0.2) is 5.78 Å². The molecule has 0 rings (SSSR count). The number of carbonyl (C=O) groups is 2. The largest absolute Gasteiger partial charge is 0.463 e. The van der Waals surface area contributed by atoms with Crippen molar-refractivity contribution in [2.24, 2.45) is 0 Å². The summed E-state index contributed by atoms with van der Waals surface area (Å²) < 4.78 is 4.69. The lowest BCUT2D eigenvalue weighted by atomic mass is 10.1. The fraction of sp³-hybridized carbons (Fsp3) is 0.667. The van der Waals surface area contributed by atoms with Crippen LogP contribution in [0.15, 0.2) is 12.2 Å². The second-order valence-corrected chi connectivity index (χ2v) is 3.71. The summed E-state index contributed by atoms with van der Waals surface area (Å²) in [6.45, 7) is 5.19. The number of ether oxygens (including phenoxy) is 1. The highest BCUT2D eigenvalue weighted by Crippen LogP contribution is 2.07. The molecule has 0 atom stereocenters. The Hall–Kier alpha value is -1.16. The zero-order chi connectivity index (χ0) is 12.4. The molecule has 0 saturated heterocycles. The Morgan fingerprint density at radius 1 is 1.19 bits per heavy atom. The van der Waals surface area contributed by atoms with E-state index in [-0.39, 0.29) is 25.0 Å². The standard InChI is InChI=1S/C12H20O4/c1-10(2)11(14)6-4-3-5-7-12(15)16-9-8-13/h13H,1,3-9H2,2H3. The third kappa shape index (κ3) is 8.17. The molecule has 0 radical (unpaired) electrons. The Bertz CT molecular complexity index is 245. The molecule has 0 unspecified atom stereocenters. The molecular weight excluding hydrogens is 208 g/mol. The highest BCUT2D eigenvalue weighted by Gasteiger charge is 2.04. The Kier molecular flexibility index (Phi) is 8.43. The maximum absolute atomic E-state index is 11.2. The number of ketones is 1. The van der Waals surface area contributed by atoms with Crippen molar-refractivity contribution in [2.45, 2.75) is 39.0 Å². The van der Waals surface area contributed by atoms with Crippen molar-refractivity contribution in [3.8, 4) is 0 Å². The van der Waals surface area contributed by atoms with E-state index in [4.69, 9.17) is 5.11 Å². The number of hydrogen-bond donors (Lipinski definition) is 1. The number of aliphatic hydroxyl groups excluding tert-OH is 1. The van der Waals surface area contributed by atoms with Crippen molar-refractivity contribution in [2.75, 3.05) is 13.2 Å². The quantitative estimate of drug-likeness (QED) is 0.370. The van der Waals surface area contributed by atoms with Gasteiger partial charge >= 0.3 is 5.97 Å². The van der Waals surface area contributed by atoms with Gasteiger partial charge in [0, 0.05) is 12.8 Å². The Morgan fingerprint density at radius 3 is 2.38 bits per heavy atom. The number of esters is 1. The minimum Gasteiger partial charge on any atom is -0.463 e. The first-order valence-corrected chi connectivity index (χ1v) is 5.53. The molecule has 0 heterocycles. The summed E-state index contributed by atoms with van der Waals surface area (Å²) in [5.74, 6) is -0.205. The van der Waals surface area contributed by atoms with Crippen LogP contribution in [0.4, 0.5) is 0 Å². The third-order valence-corrected chi connectivity index (χ3v) is 2.12. The molecule has 0 aliphatic heterocycles. The summed E-state index contributed by atoms with van der Waals surface area (Å²) >= 11 is 0. The van der Waals surface area contributed by atoms with Crippen molar-refractivity contribution < 1.29 is 19.4 Å². The predicted molar refractivity (Wildman–Crippen MR) is 61.0 cm³/mol. The second-order valence-electron chi connectivity index (χ2n) is 3.71. The van der Waals surface area contributed by atoms with E-state index in [2.05, 4.69) is 11.3 Å². The van der Waals surface area contributed by atoms with Crippen LogP contribution in [0.2, 0.25) is 0 Å². The number of hydrogen-bond acceptors (Lipinski definition) is 4. The Balaban J connectivity index is 3.36. The van der Waals surface area contributed by atoms with Crippen molar-refractivity contribution in [3.05, 3.63) is 12.2 Å². The average Bonchev–Trinajstić information content (AvgIpc) is 2.25. The molecule has 92 valence electrons. The van der Waals surface area contributed by atoms with Gasteiger partial charge in [0.05, 0.1) is 6.61 Å². The minimum absolute atomic E-state index is 0.0625. The summed E-state index contributed by atoms with van der Waals surface area (Å²) in [5.41, 5.74) is 0.586. The summed E-state index contributed by atoms with van der Waals surface area (Å²) in [6.07, 6.45) is 3.17. The van der Waals surface area contributed by atoms with Crippen LogP contribution >= 0.6 is 0 Å². The molecule has 0 aromatic rings. The van der Waals surface area contributed by atoms with Crippen LogP contribution in [0, 0.1) is 0 Å². The monoisotopic (exact) mass is 228 g/mol. The van der Waals surface area contributed by atoms with Crippen LogP contribution in [0.5, 0.6) is 0 Å². The van der Waals surface area contributed by atoms with E-state index in [0.717, 1.165) is 12.8 Å². The van der Waals surface area contributed by atoms with Crippen molar-refractivity contribution in [1.29, 1.82) is 0 Å². The molecule has 0 aliphatic carbocycles. The van der Waals surface area contributed by atoms with E-state index in [1.807, 2.05) is 0 Å². The van der Waals surface area contributed by atoms with Gasteiger partial charge in [-0.3, -0.25) is 9.59 Å². The molecule has 0 bridgehead atoms. The number of unbranched alkanes of at least 4 members (excludes halogenated alkanes) is 2. The van der Waals surface area contributed by atoms with E-state index in [1.54, 1.807) is 6.92 Å². The molecule has 4 nitrogen and oxygen atoms in total. The molecule has 4 heteroatoms. The van der Waals surface area contributed by atoms with Gasteiger partial charge in [-0.05, 0) is 25.3 Å². The first kappa shape index (κ1) is 14.8. The van der Waals surface area contributed by atoms with Gasteiger partial charge in [-0.15, -0.1) is 0 Å². The van der Waals surface area contributed by atoms with Crippen LogP contribution < -0.4 is 0 Å². The molecule has 0 aromatic carbocycles. The minimum atomic E-state index is -0.291. The lowest BCUT2D eigenvalue weighted by Crippen LogP contribution is -2.08. The van der Waals surface area contributed by atoms with Crippen molar-refractivity contribution in [1.82, 2.24) is 0 Å². The Morgan fingerprint density at radius 2 is 1.81 bits per heavy atom. The SMILES string of the molecule is C=C(C)C(=O)CCCCCC(=O)OCCO. The van der Waals surface area contributed by atoms with E-state index in [1.165, 1.54) is 0 Å². The average molecular weight is 228 g/mol. The number of allylic oxidation sites excluding steroid dienone is 1. The molecule has 0 spiro atoms. The van der Waals surface area contributed by atoms with Crippen LogP contribution in [0.25, 0.3) is 0 Å². The smallest absolute Gasteiger partial charge is 0.305 e. The van der Waals surface area contributed by atoms with Gasteiger partial charge in [-0.1, -0.05) is 13.0 Å². The van der Waals surface area contributed by atoms with Gasteiger partial charge in [-0.2, -0.15) is 0 Å². The molecule has 0 aromatic heterocycles. The number of Topliss-reactive ketones (excluding diaryl/α,β-unsaturated/α-hetero) is 1. The van der Waals surface area contributed by atoms with Crippen molar-refractivity contribution >= 4 is 11.8 Å². The number of aliphatic hydroxyl groups is 1. The van der Waals surface area contributed by atoms with Gasteiger partial charge < -0.3 is 9.84 Å². The summed E-state index contributed by atoms with van der Waals surface area (Å²) in [5, 5.41) is 8.41. The lowest BCUT2D eigenvalue weighted by Gasteiger charge is -2.02. The molecule has 0 fully saturated rings. The molecule has 0 amide bonds. The van der Waals surface area contributed by atoms with E-state index >= 15 is 0 Å². The number of carbonyl (C=O) groups excluding carboxylic acids is 2. The summed E-state index contributed by atoms with van der Waals surface area (Å²) in [6, 6.07) is 0. The van der Waals surface area contributed by atoms with Gasteiger partial charge in [0.2, 0.25) is 0 Å². The van der Waals surface area contributed by atoms with Crippen LogP contribution in [0.1, 0.15) is 39.0 Å². The van der Waals surface area contributed by atoms with Gasteiger partial charge in [-0.25, -0.2) is 0 Å². The fourth-order valence-electron chi connectivity index (χ4n) is 1.18. The summed E-state index contributed by atoms with van der Waals surface area (Å²) in [4.78, 5) is 22.2. The first-order valence-electron chi connectivity index (χ1n) is 5.53. The molecule has 16 heavy (non-hydrogen) atoms. The Labute approximate surface area is 96.3 Å². The maximum Gasteiger partial charge on any atom is 0.305 e. The van der Waals surface area contributed by atoms with Gasteiger partial charge in [0.1, 0.15) is 6.61 Å². The lowest BCUT2D eigenvalue weighted by molar-refractivity contribution is -0.144. The number of rotatable bonds is 9. The van der Waals surface area contributed by atoms with Crippen molar-refractivity contribution in [3.63, 3.8) is 0 Å². The normalized spacial score (nSPS) is 9.88. The topological polar surface area (TPSA) is 63.6 Å². The van der Waals surface area contributed by atoms with Gasteiger partial charge in [0.25, 0.3) is 0 Å². The van der Waals surface area contributed by atoms with Crippen LogP contribution in [-0.2, 0) is 14.3 Å². The van der Waals surface area contributed by atoms with Crippen LogP contribution in [-0.4, -0.2) is 30.1 Å². The molecular formula is C12H20O4.